The smallest absolute Gasteiger partial charge is 0.350 e. The van der Waals surface area contributed by atoms with Gasteiger partial charge in [-0.3, -0.25) is 4.79 Å². The molecule has 5 nitrogen and oxygen atoms in total. The number of carbonyl (C=O) groups is 2. The van der Waals surface area contributed by atoms with Gasteiger partial charge in [-0.15, -0.1) is 11.3 Å². The standard InChI is InChI=1S/C17H24N2O3S/c1-5-22-17(21)15-12(4)18-16(23-15)13-6-8-19(9-7-13)14(20)10-11(2)3/h10,13H,5-9H2,1-4H3. The zero-order chi connectivity index (χ0) is 17.0. The molecule has 2 rings (SSSR count). The fraction of sp³-hybridized carbons (Fsp3) is 0.588. The van der Waals surface area contributed by atoms with Gasteiger partial charge in [-0.05, 0) is 40.5 Å². The summed E-state index contributed by atoms with van der Waals surface area (Å²) in [7, 11) is 0. The number of carbonyl (C=O) groups excluding carboxylic acids is 2. The second-order valence-electron chi connectivity index (χ2n) is 6.01. The highest BCUT2D eigenvalue weighted by Crippen LogP contribution is 2.33. The lowest BCUT2D eigenvalue weighted by molar-refractivity contribution is -0.127. The minimum absolute atomic E-state index is 0.0889. The minimum Gasteiger partial charge on any atom is -0.462 e. The van der Waals surface area contributed by atoms with Crippen LogP contribution in [0.4, 0.5) is 0 Å². The lowest BCUT2D eigenvalue weighted by Gasteiger charge is -2.30. The predicted octanol–water partition coefficient (Wildman–Crippen LogP) is 3.30. The van der Waals surface area contributed by atoms with Gasteiger partial charge in [-0.25, -0.2) is 9.78 Å². The Morgan fingerprint density at radius 2 is 2.00 bits per heavy atom. The number of allylic oxidation sites excluding steroid dienone is 1. The van der Waals surface area contributed by atoms with E-state index >= 15 is 0 Å². The molecular formula is C17H24N2O3S. The molecule has 1 aromatic heterocycles. The number of esters is 1. The Balaban J connectivity index is 2.01. The number of aryl methyl sites for hydroxylation is 1. The van der Waals surface area contributed by atoms with E-state index in [2.05, 4.69) is 4.98 Å². The van der Waals surface area contributed by atoms with Crippen LogP contribution in [-0.2, 0) is 9.53 Å². The normalized spacial score (nSPS) is 15.4. The summed E-state index contributed by atoms with van der Waals surface area (Å²) in [5.41, 5.74) is 1.76. The minimum atomic E-state index is -0.287. The van der Waals surface area contributed by atoms with Gasteiger partial charge in [-0.1, -0.05) is 5.57 Å². The van der Waals surface area contributed by atoms with Gasteiger partial charge in [0.15, 0.2) is 0 Å². The van der Waals surface area contributed by atoms with Gasteiger partial charge >= 0.3 is 5.97 Å². The summed E-state index contributed by atoms with van der Waals surface area (Å²) in [6.45, 7) is 9.35. The van der Waals surface area contributed by atoms with Gasteiger partial charge < -0.3 is 9.64 Å². The number of nitrogens with zero attached hydrogens (tertiary/aromatic N) is 2. The SMILES string of the molecule is CCOC(=O)c1sc(C2CCN(C(=O)C=C(C)C)CC2)nc1C. The average Bonchev–Trinajstić information content (AvgIpc) is 2.89. The Morgan fingerprint density at radius 3 is 2.57 bits per heavy atom. The summed E-state index contributed by atoms with van der Waals surface area (Å²) < 4.78 is 5.07. The van der Waals surface area contributed by atoms with Crippen molar-refractivity contribution in [3.05, 3.63) is 27.2 Å². The number of hydrogen-bond donors (Lipinski definition) is 0. The van der Waals surface area contributed by atoms with Crippen LogP contribution in [0.3, 0.4) is 0 Å². The summed E-state index contributed by atoms with van der Waals surface area (Å²) in [6.07, 6.45) is 3.46. The summed E-state index contributed by atoms with van der Waals surface area (Å²) >= 11 is 1.43. The van der Waals surface area contributed by atoms with Crippen LogP contribution in [0, 0.1) is 6.92 Å². The van der Waals surface area contributed by atoms with Gasteiger partial charge in [-0.2, -0.15) is 0 Å². The molecule has 1 fully saturated rings. The molecule has 0 N–H and O–H groups in total. The van der Waals surface area contributed by atoms with E-state index < -0.39 is 0 Å². The number of thiazole rings is 1. The molecule has 0 spiro atoms. The number of ether oxygens (including phenoxy) is 1. The zero-order valence-corrected chi connectivity index (χ0v) is 15.0. The van der Waals surface area contributed by atoms with Crippen molar-refractivity contribution in [3.63, 3.8) is 0 Å². The molecule has 1 aromatic rings. The third-order valence-corrected chi connectivity index (χ3v) is 5.14. The number of amides is 1. The Hall–Kier alpha value is -1.69. The van der Waals surface area contributed by atoms with Crippen molar-refractivity contribution in [1.82, 2.24) is 9.88 Å². The third kappa shape index (κ3) is 4.41. The molecule has 1 aliphatic rings. The molecule has 6 heteroatoms. The lowest BCUT2D eigenvalue weighted by atomic mass is 9.97. The molecule has 0 bridgehead atoms. The molecule has 0 aromatic carbocycles. The molecule has 1 aliphatic heterocycles. The summed E-state index contributed by atoms with van der Waals surface area (Å²) in [6, 6.07) is 0. The van der Waals surface area contributed by atoms with E-state index in [-0.39, 0.29) is 11.9 Å². The topological polar surface area (TPSA) is 59.5 Å². The fourth-order valence-electron chi connectivity index (χ4n) is 2.66. The highest BCUT2D eigenvalue weighted by atomic mass is 32.1. The van der Waals surface area contributed by atoms with Crippen molar-refractivity contribution in [2.24, 2.45) is 0 Å². The van der Waals surface area contributed by atoms with Crippen molar-refractivity contribution in [2.75, 3.05) is 19.7 Å². The van der Waals surface area contributed by atoms with E-state index in [9.17, 15) is 9.59 Å². The zero-order valence-electron chi connectivity index (χ0n) is 14.2. The summed E-state index contributed by atoms with van der Waals surface area (Å²) in [4.78, 5) is 31.0. The molecule has 0 aliphatic carbocycles. The van der Waals surface area contributed by atoms with Crippen molar-refractivity contribution in [1.29, 1.82) is 0 Å². The van der Waals surface area contributed by atoms with Gasteiger partial charge in [0, 0.05) is 25.1 Å². The van der Waals surface area contributed by atoms with E-state index in [1.165, 1.54) is 11.3 Å². The quantitative estimate of drug-likeness (QED) is 0.625. The Kier molecular flexibility index (Phi) is 5.93. The van der Waals surface area contributed by atoms with Crippen LogP contribution in [-0.4, -0.2) is 41.5 Å². The first-order chi connectivity index (χ1) is 10.9. The Bertz CT molecular complexity index is 609. The molecule has 23 heavy (non-hydrogen) atoms. The summed E-state index contributed by atoms with van der Waals surface area (Å²) in [5, 5.41) is 0.986. The number of rotatable bonds is 4. The maximum absolute atomic E-state index is 12.0. The maximum atomic E-state index is 12.0. The highest BCUT2D eigenvalue weighted by Gasteiger charge is 2.27. The van der Waals surface area contributed by atoms with Gasteiger partial charge in [0.25, 0.3) is 0 Å². The number of likely N-dealkylation sites (tertiary alicyclic amines) is 1. The van der Waals surface area contributed by atoms with E-state index in [0.29, 0.717) is 17.4 Å². The highest BCUT2D eigenvalue weighted by molar-refractivity contribution is 7.13. The molecule has 126 valence electrons. The predicted molar refractivity (Wildman–Crippen MR) is 90.8 cm³/mol. The van der Waals surface area contributed by atoms with Crippen LogP contribution in [0.1, 0.15) is 59.9 Å². The van der Waals surface area contributed by atoms with E-state index in [0.717, 1.165) is 42.2 Å². The van der Waals surface area contributed by atoms with E-state index in [1.807, 2.05) is 25.7 Å². The summed E-state index contributed by atoms with van der Waals surface area (Å²) in [5.74, 6) is 0.119. The van der Waals surface area contributed by atoms with Crippen LogP contribution >= 0.6 is 11.3 Å². The molecular weight excluding hydrogens is 312 g/mol. The molecule has 0 radical (unpaired) electrons. The van der Waals surface area contributed by atoms with Crippen molar-refractivity contribution >= 4 is 23.2 Å². The monoisotopic (exact) mass is 336 g/mol. The van der Waals surface area contributed by atoms with Crippen LogP contribution < -0.4 is 0 Å². The van der Waals surface area contributed by atoms with Gasteiger partial charge in [0.05, 0.1) is 17.3 Å². The molecule has 2 heterocycles. The van der Waals surface area contributed by atoms with Crippen molar-refractivity contribution in [3.8, 4) is 0 Å². The maximum Gasteiger partial charge on any atom is 0.350 e. The van der Waals surface area contributed by atoms with Crippen molar-refractivity contribution in [2.45, 2.75) is 46.5 Å². The molecule has 0 saturated carbocycles. The molecule has 0 unspecified atom stereocenters. The number of piperidine rings is 1. The van der Waals surface area contributed by atoms with E-state index in [4.69, 9.17) is 4.74 Å². The second-order valence-corrected chi connectivity index (χ2v) is 7.04. The first-order valence-corrected chi connectivity index (χ1v) is 8.82. The molecule has 1 saturated heterocycles. The second kappa shape index (κ2) is 7.73. The van der Waals surface area contributed by atoms with Gasteiger partial charge in [0.2, 0.25) is 5.91 Å². The van der Waals surface area contributed by atoms with Gasteiger partial charge in [0.1, 0.15) is 4.88 Å². The fourth-order valence-corrected chi connectivity index (χ4v) is 3.79. The van der Waals surface area contributed by atoms with Crippen LogP contribution in [0.5, 0.6) is 0 Å². The van der Waals surface area contributed by atoms with E-state index in [1.54, 1.807) is 13.0 Å². The van der Waals surface area contributed by atoms with Crippen molar-refractivity contribution < 1.29 is 14.3 Å². The number of aromatic nitrogens is 1. The first kappa shape index (κ1) is 17.7. The first-order valence-electron chi connectivity index (χ1n) is 8.00. The lowest BCUT2D eigenvalue weighted by Crippen LogP contribution is -2.37. The Morgan fingerprint density at radius 1 is 1.35 bits per heavy atom. The van der Waals surface area contributed by atoms with Crippen LogP contribution in [0.15, 0.2) is 11.6 Å². The molecule has 1 amide bonds. The Labute approximate surface area is 141 Å². The van der Waals surface area contributed by atoms with Crippen LogP contribution in [0.2, 0.25) is 0 Å². The van der Waals surface area contributed by atoms with Crippen LogP contribution in [0.25, 0.3) is 0 Å². The molecule has 0 atom stereocenters. The number of hydrogen-bond acceptors (Lipinski definition) is 5. The largest absolute Gasteiger partial charge is 0.462 e. The third-order valence-electron chi connectivity index (χ3n) is 3.84. The average molecular weight is 336 g/mol.